The zero-order valence-corrected chi connectivity index (χ0v) is 9.94. The van der Waals surface area contributed by atoms with Gasteiger partial charge in [0.05, 0.1) is 11.2 Å². The van der Waals surface area contributed by atoms with Crippen LogP contribution in [0, 0.1) is 0 Å². The lowest BCUT2D eigenvalue weighted by atomic mass is 10.1. The third-order valence-electron chi connectivity index (χ3n) is 2.96. The molecule has 2 heteroatoms. The van der Waals surface area contributed by atoms with Gasteiger partial charge < -0.3 is 4.57 Å². The summed E-state index contributed by atoms with van der Waals surface area (Å²) in [6, 6.07) is 7.63. The molecule has 1 aromatic carbocycles. The molecule has 0 bridgehead atoms. The monoisotopic (exact) mass is 225 g/mol. The van der Waals surface area contributed by atoms with E-state index in [0.29, 0.717) is 5.56 Å². The van der Waals surface area contributed by atoms with Crippen molar-refractivity contribution in [2.75, 3.05) is 0 Å². The molecule has 0 spiro atoms. The minimum absolute atomic E-state index is 0.0233. The van der Waals surface area contributed by atoms with Gasteiger partial charge in [-0.15, -0.1) is 0 Å². The maximum absolute atomic E-state index is 12.3. The van der Waals surface area contributed by atoms with Gasteiger partial charge in [-0.05, 0) is 25.1 Å². The first-order valence-electron chi connectivity index (χ1n) is 5.65. The van der Waals surface area contributed by atoms with E-state index in [4.69, 9.17) is 0 Å². The van der Waals surface area contributed by atoms with Crippen LogP contribution in [0.1, 0.15) is 18.2 Å². The second-order valence-electron chi connectivity index (χ2n) is 3.80. The molecule has 2 nitrogen and oxygen atoms in total. The highest BCUT2D eigenvalue weighted by molar-refractivity contribution is 5.84. The average Bonchev–Trinajstić information content (AvgIpc) is 2.38. The topological polar surface area (TPSA) is 22.0 Å². The molecule has 1 heterocycles. The number of hydrogen-bond acceptors (Lipinski definition) is 1. The Kier molecular flexibility index (Phi) is 2.96. The van der Waals surface area contributed by atoms with Crippen molar-refractivity contribution in [2.24, 2.45) is 0 Å². The van der Waals surface area contributed by atoms with Crippen molar-refractivity contribution in [2.45, 2.75) is 13.5 Å². The Morgan fingerprint density at radius 3 is 2.53 bits per heavy atom. The zero-order chi connectivity index (χ0) is 12.4. The average molecular weight is 225 g/mol. The van der Waals surface area contributed by atoms with Crippen LogP contribution in [-0.4, -0.2) is 4.57 Å². The summed E-state index contributed by atoms with van der Waals surface area (Å²) in [7, 11) is 0. The van der Waals surface area contributed by atoms with Gasteiger partial charge in [0.15, 0.2) is 5.43 Å². The quantitative estimate of drug-likeness (QED) is 0.785. The fourth-order valence-corrected chi connectivity index (χ4v) is 2.20. The predicted octanol–water partition coefficient (Wildman–Crippen LogP) is 3.31. The van der Waals surface area contributed by atoms with Crippen LogP contribution in [0.25, 0.3) is 23.1 Å². The van der Waals surface area contributed by atoms with E-state index in [-0.39, 0.29) is 5.43 Å². The van der Waals surface area contributed by atoms with Crippen molar-refractivity contribution in [3.63, 3.8) is 0 Å². The van der Waals surface area contributed by atoms with Crippen LogP contribution in [0.4, 0.5) is 0 Å². The predicted molar refractivity (Wildman–Crippen MR) is 74.1 cm³/mol. The maximum atomic E-state index is 12.3. The third kappa shape index (κ3) is 1.62. The van der Waals surface area contributed by atoms with Gasteiger partial charge >= 0.3 is 0 Å². The van der Waals surface area contributed by atoms with Gasteiger partial charge in [-0.2, -0.15) is 0 Å². The largest absolute Gasteiger partial charge is 0.341 e. The number of aromatic nitrogens is 1. The fraction of sp³-hybridized carbons (Fsp3) is 0.133. The van der Waals surface area contributed by atoms with E-state index in [1.54, 1.807) is 12.2 Å². The number of hydrogen-bond donors (Lipinski definition) is 0. The smallest absolute Gasteiger partial charge is 0.197 e. The number of pyridine rings is 1. The van der Waals surface area contributed by atoms with Crippen LogP contribution in [0.5, 0.6) is 0 Å². The second-order valence-corrected chi connectivity index (χ2v) is 3.80. The minimum atomic E-state index is 0.0233. The minimum Gasteiger partial charge on any atom is -0.341 e. The van der Waals surface area contributed by atoms with E-state index in [0.717, 1.165) is 23.1 Å². The van der Waals surface area contributed by atoms with E-state index < -0.39 is 0 Å². The van der Waals surface area contributed by atoms with Gasteiger partial charge in [-0.3, -0.25) is 4.79 Å². The summed E-state index contributed by atoms with van der Waals surface area (Å²) < 4.78 is 2.08. The highest BCUT2D eigenvalue weighted by atomic mass is 16.1. The summed E-state index contributed by atoms with van der Waals surface area (Å²) in [5.41, 5.74) is 2.43. The highest BCUT2D eigenvalue weighted by Crippen LogP contribution is 2.18. The molecule has 2 aromatic rings. The summed E-state index contributed by atoms with van der Waals surface area (Å²) in [5, 5.41) is 0.731. The van der Waals surface area contributed by atoms with Crippen molar-refractivity contribution in [1.82, 2.24) is 4.57 Å². The molecule has 0 fully saturated rings. The van der Waals surface area contributed by atoms with Gasteiger partial charge in [0.1, 0.15) is 0 Å². The van der Waals surface area contributed by atoms with Crippen molar-refractivity contribution >= 4 is 23.1 Å². The fourth-order valence-electron chi connectivity index (χ4n) is 2.20. The normalized spacial score (nSPS) is 10.4. The molecule has 0 saturated heterocycles. The molecule has 0 N–H and O–H groups in total. The van der Waals surface area contributed by atoms with Gasteiger partial charge in [-0.25, -0.2) is 0 Å². The molecule has 0 aliphatic rings. The molecule has 0 atom stereocenters. The number of rotatable bonds is 3. The Labute approximate surface area is 101 Å². The first-order valence-corrected chi connectivity index (χ1v) is 5.65. The SMILES string of the molecule is C=Cc1c(C=C)n(CC)c2ccccc2c1=O. The van der Waals surface area contributed by atoms with Gasteiger partial charge in [-0.1, -0.05) is 31.4 Å². The Bertz CT molecular complexity index is 650. The van der Waals surface area contributed by atoms with Gasteiger partial charge in [0.25, 0.3) is 0 Å². The molecule has 0 saturated carbocycles. The Morgan fingerprint density at radius 1 is 1.24 bits per heavy atom. The van der Waals surface area contributed by atoms with E-state index >= 15 is 0 Å². The molecule has 0 aliphatic heterocycles. The van der Waals surface area contributed by atoms with Crippen molar-refractivity contribution in [1.29, 1.82) is 0 Å². The Balaban J connectivity index is 3.09. The number of fused-ring (bicyclic) bond motifs is 1. The number of nitrogens with zero attached hydrogens (tertiary/aromatic N) is 1. The van der Waals surface area contributed by atoms with Crippen molar-refractivity contribution in [3.05, 3.63) is 58.9 Å². The zero-order valence-electron chi connectivity index (χ0n) is 9.94. The van der Waals surface area contributed by atoms with E-state index in [1.165, 1.54) is 0 Å². The van der Waals surface area contributed by atoms with Gasteiger partial charge in [0.2, 0.25) is 0 Å². The van der Waals surface area contributed by atoms with Crippen LogP contribution in [-0.2, 0) is 6.54 Å². The second kappa shape index (κ2) is 4.42. The Hall–Kier alpha value is -2.09. The maximum Gasteiger partial charge on any atom is 0.197 e. The molecule has 0 unspecified atom stereocenters. The van der Waals surface area contributed by atoms with Crippen LogP contribution in [0.15, 0.2) is 42.2 Å². The van der Waals surface area contributed by atoms with Crippen molar-refractivity contribution < 1.29 is 0 Å². The van der Waals surface area contributed by atoms with Crippen molar-refractivity contribution in [3.8, 4) is 0 Å². The van der Waals surface area contributed by atoms with Gasteiger partial charge in [0, 0.05) is 17.5 Å². The van der Waals surface area contributed by atoms with Crippen LogP contribution in [0.3, 0.4) is 0 Å². The molecule has 2 rings (SSSR count). The number of para-hydroxylation sites is 1. The molecular formula is C15H15NO. The van der Waals surface area contributed by atoms with Crippen LogP contribution < -0.4 is 5.43 Å². The first-order chi connectivity index (χ1) is 8.24. The first kappa shape index (κ1) is 11.4. The molecule has 0 aliphatic carbocycles. The molecule has 1 aromatic heterocycles. The molecule has 0 radical (unpaired) electrons. The lowest BCUT2D eigenvalue weighted by Gasteiger charge is -2.15. The number of aryl methyl sites for hydroxylation is 1. The summed E-state index contributed by atoms with van der Waals surface area (Å²) in [6.07, 6.45) is 3.33. The third-order valence-corrected chi connectivity index (χ3v) is 2.96. The molecule has 17 heavy (non-hydrogen) atoms. The summed E-state index contributed by atoms with van der Waals surface area (Å²) in [4.78, 5) is 12.3. The molecular weight excluding hydrogens is 210 g/mol. The molecule has 0 amide bonds. The summed E-state index contributed by atoms with van der Waals surface area (Å²) in [5.74, 6) is 0. The molecule has 86 valence electrons. The summed E-state index contributed by atoms with van der Waals surface area (Å²) in [6.45, 7) is 10.4. The summed E-state index contributed by atoms with van der Waals surface area (Å²) >= 11 is 0. The van der Waals surface area contributed by atoms with E-state index in [1.807, 2.05) is 24.3 Å². The lowest BCUT2D eigenvalue weighted by Crippen LogP contribution is -2.15. The lowest BCUT2D eigenvalue weighted by molar-refractivity contribution is 0.778. The highest BCUT2D eigenvalue weighted by Gasteiger charge is 2.11. The van der Waals surface area contributed by atoms with Crippen LogP contribution >= 0.6 is 0 Å². The Morgan fingerprint density at radius 2 is 1.94 bits per heavy atom. The number of benzene rings is 1. The van der Waals surface area contributed by atoms with E-state index in [2.05, 4.69) is 24.6 Å². The standard InChI is InChI=1S/C15H15NO/c1-4-11-13(5-2)16(6-3)14-10-8-7-9-12(14)15(11)17/h4-5,7-10H,1-2,6H2,3H3. The van der Waals surface area contributed by atoms with Crippen LogP contribution in [0.2, 0.25) is 0 Å². The van der Waals surface area contributed by atoms with E-state index in [9.17, 15) is 4.79 Å².